The van der Waals surface area contributed by atoms with E-state index < -0.39 is 17.9 Å². The lowest BCUT2D eigenvalue weighted by atomic mass is 10.2. The fraction of sp³-hybridized carbons (Fsp3) is 0.250. The number of hydrogen-bond acceptors (Lipinski definition) is 3. The molecule has 0 saturated carbocycles. The maximum atomic E-state index is 11.2. The topological polar surface area (TPSA) is 108 Å². The fourth-order valence-corrected chi connectivity index (χ4v) is 0.914. The number of aliphatic carboxylic acids is 1. The highest BCUT2D eigenvalue weighted by Gasteiger charge is 2.16. The van der Waals surface area contributed by atoms with Crippen LogP contribution in [0, 0.1) is 0 Å². The van der Waals surface area contributed by atoms with Gasteiger partial charge in [-0.25, -0.2) is 0 Å². The minimum absolute atomic E-state index is 0.382. The summed E-state index contributed by atoms with van der Waals surface area (Å²) in [5, 5.41) is 10.8. The maximum absolute atomic E-state index is 11.2. The molecule has 0 saturated heterocycles. The van der Waals surface area contributed by atoms with E-state index in [0.717, 1.165) is 0 Å². The Labute approximate surface area is 80.1 Å². The number of rotatable bonds is 4. The summed E-state index contributed by atoms with van der Waals surface area (Å²) < 4.78 is 0. The van der Waals surface area contributed by atoms with E-state index in [4.69, 9.17) is 10.8 Å². The SMILES string of the molecule is NC(CC(=O)O)C(=O)Nc1ccc[nH]1. The molecule has 6 nitrogen and oxygen atoms in total. The van der Waals surface area contributed by atoms with E-state index in [2.05, 4.69) is 10.3 Å². The number of nitrogens with two attached hydrogens (primary N) is 1. The highest BCUT2D eigenvalue weighted by Crippen LogP contribution is 2.02. The zero-order valence-corrected chi connectivity index (χ0v) is 7.36. The Hall–Kier alpha value is -1.82. The van der Waals surface area contributed by atoms with Crippen molar-refractivity contribution in [3.05, 3.63) is 18.3 Å². The number of carboxylic acid groups (broad SMARTS) is 1. The van der Waals surface area contributed by atoms with Gasteiger partial charge in [0.15, 0.2) is 0 Å². The number of carboxylic acids is 1. The summed E-state index contributed by atoms with van der Waals surface area (Å²) in [5.74, 6) is -1.12. The Morgan fingerprint density at radius 2 is 2.36 bits per heavy atom. The number of amides is 1. The standard InChI is InChI=1S/C8H11N3O3/c9-5(4-7(12)13)8(14)11-6-2-1-3-10-6/h1-3,5,10H,4,9H2,(H,11,14)(H,12,13). The average molecular weight is 197 g/mol. The number of H-pyrrole nitrogens is 1. The molecule has 0 aliphatic carbocycles. The molecule has 6 heteroatoms. The highest BCUT2D eigenvalue weighted by molar-refractivity contribution is 5.95. The van der Waals surface area contributed by atoms with Crippen molar-refractivity contribution in [2.24, 2.45) is 5.73 Å². The molecule has 76 valence electrons. The van der Waals surface area contributed by atoms with Crippen molar-refractivity contribution in [3.8, 4) is 0 Å². The normalized spacial score (nSPS) is 12.1. The molecule has 0 fully saturated rings. The third kappa shape index (κ3) is 2.91. The predicted molar refractivity (Wildman–Crippen MR) is 49.7 cm³/mol. The molecule has 0 bridgehead atoms. The Balaban J connectivity index is 2.46. The summed E-state index contributed by atoms with van der Waals surface area (Å²) in [5.41, 5.74) is 5.33. The third-order valence-electron chi connectivity index (χ3n) is 1.59. The van der Waals surface area contributed by atoms with Crippen molar-refractivity contribution in [2.45, 2.75) is 12.5 Å². The molecule has 0 spiro atoms. The predicted octanol–water partition coefficient (Wildman–Crippen LogP) is -0.245. The van der Waals surface area contributed by atoms with Crippen molar-refractivity contribution in [1.29, 1.82) is 0 Å². The van der Waals surface area contributed by atoms with Crippen LogP contribution >= 0.6 is 0 Å². The van der Waals surface area contributed by atoms with Crippen LogP contribution in [-0.4, -0.2) is 28.0 Å². The van der Waals surface area contributed by atoms with Gasteiger partial charge in [-0.2, -0.15) is 0 Å². The zero-order chi connectivity index (χ0) is 10.6. The molecule has 1 atom stereocenters. The molecule has 1 amide bonds. The highest BCUT2D eigenvalue weighted by atomic mass is 16.4. The van der Waals surface area contributed by atoms with Crippen molar-refractivity contribution in [1.82, 2.24) is 4.98 Å². The number of hydrogen-bond donors (Lipinski definition) is 4. The van der Waals surface area contributed by atoms with Gasteiger partial charge in [0.05, 0.1) is 12.5 Å². The first-order valence-electron chi connectivity index (χ1n) is 4.01. The Morgan fingerprint density at radius 1 is 1.64 bits per heavy atom. The van der Waals surface area contributed by atoms with Crippen molar-refractivity contribution < 1.29 is 14.7 Å². The summed E-state index contributed by atoms with van der Waals surface area (Å²) in [7, 11) is 0. The van der Waals surface area contributed by atoms with Gasteiger partial charge in [-0.05, 0) is 12.1 Å². The molecular weight excluding hydrogens is 186 g/mol. The minimum Gasteiger partial charge on any atom is -0.481 e. The van der Waals surface area contributed by atoms with Gasteiger partial charge in [0.25, 0.3) is 0 Å². The minimum atomic E-state index is -1.10. The largest absolute Gasteiger partial charge is 0.481 e. The van der Waals surface area contributed by atoms with Gasteiger partial charge in [-0.3, -0.25) is 9.59 Å². The van der Waals surface area contributed by atoms with Crippen LogP contribution in [0.1, 0.15) is 6.42 Å². The lowest BCUT2D eigenvalue weighted by molar-refractivity contribution is -0.138. The lowest BCUT2D eigenvalue weighted by Crippen LogP contribution is -2.37. The second-order valence-corrected chi connectivity index (χ2v) is 2.78. The maximum Gasteiger partial charge on any atom is 0.305 e. The van der Waals surface area contributed by atoms with Crippen LogP contribution in [0.25, 0.3) is 0 Å². The van der Waals surface area contributed by atoms with Gasteiger partial charge >= 0.3 is 5.97 Å². The van der Waals surface area contributed by atoms with Crippen LogP contribution in [0.4, 0.5) is 5.82 Å². The Kier molecular flexibility index (Phi) is 3.24. The second-order valence-electron chi connectivity index (χ2n) is 2.78. The second kappa shape index (κ2) is 4.43. The zero-order valence-electron chi connectivity index (χ0n) is 7.36. The summed E-state index contributed by atoms with van der Waals surface area (Å²) >= 11 is 0. The number of carbonyl (C=O) groups excluding carboxylic acids is 1. The van der Waals surface area contributed by atoms with Crippen LogP contribution in [0.15, 0.2) is 18.3 Å². The first kappa shape index (κ1) is 10.3. The average Bonchev–Trinajstić information content (AvgIpc) is 2.55. The van der Waals surface area contributed by atoms with E-state index >= 15 is 0 Å². The number of anilines is 1. The molecule has 0 aliphatic heterocycles. The third-order valence-corrected chi connectivity index (χ3v) is 1.59. The summed E-state index contributed by atoms with van der Waals surface area (Å²) in [4.78, 5) is 24.2. The van der Waals surface area contributed by atoms with Crippen molar-refractivity contribution in [3.63, 3.8) is 0 Å². The molecule has 1 aromatic heterocycles. The Bertz CT molecular complexity index is 321. The van der Waals surface area contributed by atoms with Crippen LogP contribution in [-0.2, 0) is 9.59 Å². The summed E-state index contributed by atoms with van der Waals surface area (Å²) in [6, 6.07) is 2.32. The van der Waals surface area contributed by atoms with Crippen LogP contribution in [0.3, 0.4) is 0 Å². The fourth-order valence-electron chi connectivity index (χ4n) is 0.914. The first-order chi connectivity index (χ1) is 6.59. The lowest BCUT2D eigenvalue weighted by Gasteiger charge is -2.08. The first-order valence-corrected chi connectivity index (χ1v) is 4.01. The monoisotopic (exact) mass is 197 g/mol. The molecule has 14 heavy (non-hydrogen) atoms. The van der Waals surface area contributed by atoms with Crippen molar-refractivity contribution in [2.75, 3.05) is 5.32 Å². The van der Waals surface area contributed by atoms with E-state index in [1.807, 2.05) is 0 Å². The van der Waals surface area contributed by atoms with E-state index in [9.17, 15) is 9.59 Å². The van der Waals surface area contributed by atoms with Crippen LogP contribution in [0.2, 0.25) is 0 Å². The molecule has 0 aliphatic rings. The smallest absolute Gasteiger partial charge is 0.305 e. The summed E-state index contributed by atoms with van der Waals surface area (Å²) in [6.07, 6.45) is 1.25. The van der Waals surface area contributed by atoms with Gasteiger partial charge < -0.3 is 21.1 Å². The van der Waals surface area contributed by atoms with Crippen LogP contribution < -0.4 is 11.1 Å². The number of aromatic nitrogens is 1. The molecule has 0 radical (unpaired) electrons. The van der Waals surface area contributed by atoms with E-state index in [0.29, 0.717) is 5.82 Å². The quantitative estimate of drug-likeness (QED) is 0.534. The molecular formula is C8H11N3O3. The Morgan fingerprint density at radius 3 is 2.86 bits per heavy atom. The molecule has 1 unspecified atom stereocenters. The van der Waals surface area contributed by atoms with E-state index in [-0.39, 0.29) is 6.42 Å². The summed E-state index contributed by atoms with van der Waals surface area (Å²) in [6.45, 7) is 0. The van der Waals surface area contributed by atoms with Gasteiger partial charge in [0.1, 0.15) is 5.82 Å². The van der Waals surface area contributed by atoms with Gasteiger partial charge in [-0.1, -0.05) is 0 Å². The van der Waals surface area contributed by atoms with Gasteiger partial charge in [0, 0.05) is 6.20 Å². The molecule has 0 aromatic carbocycles. The molecule has 1 heterocycles. The van der Waals surface area contributed by atoms with E-state index in [1.165, 1.54) is 0 Å². The number of aromatic amines is 1. The van der Waals surface area contributed by atoms with Gasteiger partial charge in [-0.15, -0.1) is 0 Å². The number of nitrogens with one attached hydrogen (secondary N) is 2. The van der Waals surface area contributed by atoms with E-state index in [1.54, 1.807) is 18.3 Å². The van der Waals surface area contributed by atoms with Gasteiger partial charge in [0.2, 0.25) is 5.91 Å². The molecule has 1 aromatic rings. The number of carbonyl (C=O) groups is 2. The van der Waals surface area contributed by atoms with Crippen molar-refractivity contribution >= 4 is 17.7 Å². The molecule has 5 N–H and O–H groups in total. The molecule has 1 rings (SSSR count). The van der Waals surface area contributed by atoms with Crippen LogP contribution in [0.5, 0.6) is 0 Å².